The fourth-order valence-corrected chi connectivity index (χ4v) is 5.06. The largest absolute Gasteiger partial charge is 0.493 e. The van der Waals surface area contributed by atoms with Crippen LogP contribution in [-0.4, -0.2) is 45.8 Å². The zero-order chi connectivity index (χ0) is 26.5. The normalized spacial score (nSPS) is 19.3. The minimum Gasteiger partial charge on any atom is -0.493 e. The summed E-state index contributed by atoms with van der Waals surface area (Å²) in [5.41, 5.74) is 3.85. The van der Waals surface area contributed by atoms with Crippen LogP contribution in [0.4, 0.5) is 4.39 Å². The molecule has 0 amide bonds. The first-order valence-corrected chi connectivity index (χ1v) is 12.3. The molecule has 2 aromatic rings. The molecule has 0 saturated carbocycles. The molecule has 1 N–H and O–H groups in total. The van der Waals surface area contributed by atoms with Gasteiger partial charge in [-0.1, -0.05) is 18.2 Å². The molecule has 0 aromatic heterocycles. The predicted molar refractivity (Wildman–Crippen MR) is 136 cm³/mol. The van der Waals surface area contributed by atoms with Gasteiger partial charge in [0.05, 0.1) is 26.4 Å². The van der Waals surface area contributed by atoms with E-state index in [4.69, 9.17) is 18.9 Å². The maximum absolute atomic E-state index is 13.8. The summed E-state index contributed by atoms with van der Waals surface area (Å²) >= 11 is 0. The van der Waals surface area contributed by atoms with E-state index in [-0.39, 0.29) is 31.3 Å². The molecule has 7 nitrogen and oxygen atoms in total. The van der Waals surface area contributed by atoms with Crippen molar-refractivity contribution >= 4 is 11.8 Å². The minimum absolute atomic E-state index is 0.0741. The fraction of sp³-hybridized carbons (Fsp3) is 0.379. The molecular weight excluding hydrogens is 477 g/mol. The number of benzene rings is 2. The maximum atomic E-state index is 13.8. The van der Waals surface area contributed by atoms with Crippen molar-refractivity contribution in [2.24, 2.45) is 0 Å². The van der Waals surface area contributed by atoms with Crippen LogP contribution < -0.4 is 14.8 Å². The number of Topliss-reactive ketones (excluding diaryl/α,β-unsaturated/α-hetero) is 1. The molecule has 2 aromatic carbocycles. The van der Waals surface area contributed by atoms with Gasteiger partial charge in [-0.3, -0.25) is 4.79 Å². The van der Waals surface area contributed by atoms with Gasteiger partial charge in [0.15, 0.2) is 17.3 Å². The molecular formula is C29H32FNO6. The molecule has 8 heteroatoms. The summed E-state index contributed by atoms with van der Waals surface area (Å²) in [4.78, 5) is 26.9. The molecule has 2 aliphatic rings. The smallest absolute Gasteiger partial charge is 0.336 e. The van der Waals surface area contributed by atoms with Crippen LogP contribution in [0.15, 0.2) is 65.0 Å². The van der Waals surface area contributed by atoms with Crippen molar-refractivity contribution in [3.8, 4) is 11.5 Å². The van der Waals surface area contributed by atoms with Crippen LogP contribution in [0.1, 0.15) is 49.7 Å². The number of ether oxygens (including phenoxy) is 4. The summed E-state index contributed by atoms with van der Waals surface area (Å²) in [6.07, 6.45) is 0.831. The van der Waals surface area contributed by atoms with Gasteiger partial charge in [-0.05, 0) is 61.6 Å². The lowest BCUT2D eigenvalue weighted by Crippen LogP contribution is -2.36. The molecule has 2 atom stereocenters. The number of esters is 1. The molecule has 0 unspecified atom stereocenters. The summed E-state index contributed by atoms with van der Waals surface area (Å²) in [6, 6.07) is 11.6. The molecule has 0 bridgehead atoms. The third-order valence-corrected chi connectivity index (χ3v) is 6.79. The summed E-state index contributed by atoms with van der Waals surface area (Å²) in [5.74, 6) is -0.518. The highest BCUT2D eigenvalue weighted by Gasteiger charge is 2.41. The lowest BCUT2D eigenvalue weighted by Gasteiger charge is -2.36. The minimum atomic E-state index is -0.657. The van der Waals surface area contributed by atoms with E-state index in [0.29, 0.717) is 46.9 Å². The van der Waals surface area contributed by atoms with E-state index in [9.17, 15) is 14.0 Å². The highest BCUT2D eigenvalue weighted by molar-refractivity contribution is 6.04. The average molecular weight is 510 g/mol. The van der Waals surface area contributed by atoms with Gasteiger partial charge in [0.25, 0.3) is 0 Å². The summed E-state index contributed by atoms with van der Waals surface area (Å²) < 4.78 is 35.3. The molecule has 37 heavy (non-hydrogen) atoms. The van der Waals surface area contributed by atoms with Crippen molar-refractivity contribution in [2.75, 3.05) is 34.0 Å². The number of carbonyl (C=O) groups is 2. The van der Waals surface area contributed by atoms with Crippen molar-refractivity contribution in [3.05, 3.63) is 81.9 Å². The number of methoxy groups -OCH3 is 2. The Morgan fingerprint density at radius 2 is 1.70 bits per heavy atom. The Hall–Kier alpha value is -3.65. The third kappa shape index (κ3) is 5.54. The van der Waals surface area contributed by atoms with Crippen molar-refractivity contribution in [3.63, 3.8) is 0 Å². The number of carbonyl (C=O) groups excluding carboxylic acids is 2. The van der Waals surface area contributed by atoms with Crippen molar-refractivity contribution in [1.29, 1.82) is 0 Å². The van der Waals surface area contributed by atoms with E-state index in [1.807, 2.05) is 25.1 Å². The number of halogens is 1. The van der Waals surface area contributed by atoms with Crippen LogP contribution in [0.2, 0.25) is 0 Å². The highest BCUT2D eigenvalue weighted by Crippen LogP contribution is 2.46. The van der Waals surface area contributed by atoms with Gasteiger partial charge in [0.2, 0.25) is 0 Å². The van der Waals surface area contributed by atoms with Crippen LogP contribution >= 0.6 is 0 Å². The number of dihydropyridines is 1. The SMILES string of the molecule is CCOCCOC(=O)C1=C(C)NC2=C(C(=O)C[C@@H](c3ccc(OC)c(OC)c3)C2)[C@@H]1c1ccc(F)cc1. The lowest BCUT2D eigenvalue weighted by atomic mass is 9.71. The first-order chi connectivity index (χ1) is 17.9. The zero-order valence-electron chi connectivity index (χ0n) is 21.6. The quantitative estimate of drug-likeness (QED) is 0.385. The molecule has 1 heterocycles. The molecule has 1 aliphatic carbocycles. The van der Waals surface area contributed by atoms with Gasteiger partial charge >= 0.3 is 5.97 Å². The van der Waals surface area contributed by atoms with E-state index >= 15 is 0 Å². The molecule has 4 rings (SSSR count). The number of ketones is 1. The van der Waals surface area contributed by atoms with E-state index in [2.05, 4.69) is 5.32 Å². The van der Waals surface area contributed by atoms with Gasteiger partial charge < -0.3 is 24.3 Å². The summed E-state index contributed by atoms with van der Waals surface area (Å²) in [7, 11) is 3.16. The van der Waals surface area contributed by atoms with Crippen LogP contribution in [0.5, 0.6) is 11.5 Å². The first-order valence-electron chi connectivity index (χ1n) is 12.3. The Morgan fingerprint density at radius 3 is 2.38 bits per heavy atom. The molecule has 0 saturated heterocycles. The Labute approximate surface area is 216 Å². The predicted octanol–water partition coefficient (Wildman–Crippen LogP) is 4.78. The van der Waals surface area contributed by atoms with Gasteiger partial charge in [-0.2, -0.15) is 0 Å². The maximum Gasteiger partial charge on any atom is 0.336 e. The number of hydrogen-bond acceptors (Lipinski definition) is 7. The third-order valence-electron chi connectivity index (χ3n) is 6.79. The summed E-state index contributed by atoms with van der Waals surface area (Å²) in [6.45, 7) is 4.56. The highest BCUT2D eigenvalue weighted by atomic mass is 19.1. The van der Waals surface area contributed by atoms with E-state index in [1.165, 1.54) is 12.1 Å². The van der Waals surface area contributed by atoms with Gasteiger partial charge in [-0.25, -0.2) is 9.18 Å². The number of nitrogens with one attached hydrogen (secondary N) is 1. The Kier molecular flexibility index (Phi) is 8.28. The fourth-order valence-electron chi connectivity index (χ4n) is 5.06. The van der Waals surface area contributed by atoms with Crippen LogP contribution in [-0.2, 0) is 19.1 Å². The van der Waals surface area contributed by atoms with Crippen molar-refractivity contribution in [1.82, 2.24) is 5.32 Å². The van der Waals surface area contributed by atoms with Crippen molar-refractivity contribution < 1.29 is 32.9 Å². The van der Waals surface area contributed by atoms with Gasteiger partial charge in [0.1, 0.15) is 12.4 Å². The average Bonchev–Trinajstić information content (AvgIpc) is 2.90. The lowest BCUT2D eigenvalue weighted by molar-refractivity contribution is -0.140. The summed E-state index contributed by atoms with van der Waals surface area (Å²) in [5, 5.41) is 3.32. The van der Waals surface area contributed by atoms with Crippen LogP contribution in [0.25, 0.3) is 0 Å². The standard InChI is InChI=1S/C29H32FNO6/c1-5-36-12-13-37-29(33)26-17(2)31-22-14-20(19-8-11-24(34-3)25(16-19)35-4)15-23(32)28(22)27(26)18-6-9-21(30)10-7-18/h6-11,16,20,27,31H,5,12-15H2,1-4H3/t20-,27+/m0/s1. The monoisotopic (exact) mass is 509 g/mol. The molecule has 0 radical (unpaired) electrons. The van der Waals surface area contributed by atoms with E-state index < -0.39 is 17.7 Å². The second-order valence-corrected chi connectivity index (χ2v) is 9.02. The Balaban J connectivity index is 1.70. The van der Waals surface area contributed by atoms with Crippen molar-refractivity contribution in [2.45, 2.75) is 38.5 Å². The topological polar surface area (TPSA) is 83.1 Å². The second kappa shape index (κ2) is 11.6. The van der Waals surface area contributed by atoms with E-state index in [0.717, 1.165) is 11.3 Å². The second-order valence-electron chi connectivity index (χ2n) is 9.02. The number of rotatable bonds is 9. The number of allylic oxidation sites excluding steroid dienone is 3. The van der Waals surface area contributed by atoms with Gasteiger partial charge in [-0.15, -0.1) is 0 Å². The van der Waals surface area contributed by atoms with Gasteiger partial charge in [0, 0.05) is 35.9 Å². The molecule has 1 aliphatic heterocycles. The number of hydrogen-bond donors (Lipinski definition) is 1. The van der Waals surface area contributed by atoms with Crippen LogP contribution in [0.3, 0.4) is 0 Å². The Bertz CT molecular complexity index is 1230. The Morgan fingerprint density at radius 1 is 1.00 bits per heavy atom. The first kappa shape index (κ1) is 26.4. The van der Waals surface area contributed by atoms with Crippen LogP contribution in [0, 0.1) is 5.82 Å². The molecule has 0 spiro atoms. The van der Waals surface area contributed by atoms with E-state index in [1.54, 1.807) is 33.3 Å². The molecule has 0 fully saturated rings. The molecule has 196 valence electrons. The zero-order valence-corrected chi connectivity index (χ0v) is 21.6.